The number of hydrogen-bond donors (Lipinski definition) is 1. The summed E-state index contributed by atoms with van der Waals surface area (Å²) in [5.74, 6) is 0.0176. The highest BCUT2D eigenvalue weighted by atomic mass is 35.5. The lowest BCUT2D eigenvalue weighted by Crippen LogP contribution is -2.40. The number of aromatic nitrogens is 1. The van der Waals surface area contributed by atoms with E-state index in [0.717, 1.165) is 16.3 Å². The highest BCUT2D eigenvalue weighted by Gasteiger charge is 2.17. The molecule has 1 aromatic heterocycles. The summed E-state index contributed by atoms with van der Waals surface area (Å²) in [4.78, 5) is 18.3. The molecule has 1 atom stereocenters. The van der Waals surface area contributed by atoms with Gasteiger partial charge in [-0.05, 0) is 13.0 Å². The minimum Gasteiger partial charge on any atom is -0.341 e. The van der Waals surface area contributed by atoms with Crippen LogP contribution in [0.5, 0.6) is 0 Å². The van der Waals surface area contributed by atoms with Gasteiger partial charge in [-0.3, -0.25) is 4.79 Å². The molecule has 1 aromatic carbocycles. The van der Waals surface area contributed by atoms with E-state index in [1.807, 2.05) is 36.6 Å². The van der Waals surface area contributed by atoms with E-state index in [1.54, 1.807) is 11.9 Å². The third-order valence-corrected chi connectivity index (χ3v) is 4.64. The summed E-state index contributed by atoms with van der Waals surface area (Å²) in [7, 11) is 1.77. The Morgan fingerprint density at radius 2 is 2.19 bits per heavy atom. The van der Waals surface area contributed by atoms with Gasteiger partial charge >= 0.3 is 0 Å². The summed E-state index contributed by atoms with van der Waals surface area (Å²) in [6.45, 7) is 2.37. The number of hydrogen-bond acceptors (Lipinski definition) is 4. The molecular formula is C15H18ClN3OS. The van der Waals surface area contributed by atoms with Crippen LogP contribution >= 0.6 is 22.9 Å². The molecule has 0 aliphatic carbocycles. The minimum atomic E-state index is 0.0176. The lowest BCUT2D eigenvalue weighted by atomic mass is 10.2. The first kappa shape index (κ1) is 15.9. The molecule has 0 saturated heterocycles. The Hall–Kier alpha value is -1.43. The van der Waals surface area contributed by atoms with Gasteiger partial charge in [-0.2, -0.15) is 0 Å². The Bertz CT molecular complexity index is 629. The second kappa shape index (κ2) is 7.02. The third-order valence-electron chi connectivity index (χ3n) is 3.38. The predicted octanol–water partition coefficient (Wildman–Crippen LogP) is 2.81. The van der Waals surface area contributed by atoms with Crippen molar-refractivity contribution in [3.63, 3.8) is 0 Å². The quantitative estimate of drug-likeness (QED) is 0.920. The van der Waals surface area contributed by atoms with Crippen molar-refractivity contribution in [2.24, 2.45) is 5.73 Å². The number of nitrogens with zero attached hydrogens (tertiary/aromatic N) is 2. The molecule has 1 unspecified atom stereocenters. The first-order chi connectivity index (χ1) is 10.0. The Kier molecular flexibility index (Phi) is 5.33. The van der Waals surface area contributed by atoms with E-state index in [4.69, 9.17) is 17.3 Å². The van der Waals surface area contributed by atoms with Crippen LogP contribution in [-0.2, 0) is 11.2 Å². The molecule has 4 nitrogen and oxygen atoms in total. The summed E-state index contributed by atoms with van der Waals surface area (Å²) in [5, 5.41) is 3.40. The molecule has 2 aromatic rings. The van der Waals surface area contributed by atoms with Crippen molar-refractivity contribution in [3.05, 3.63) is 40.4 Å². The van der Waals surface area contributed by atoms with Crippen molar-refractivity contribution >= 4 is 28.8 Å². The molecule has 0 radical (unpaired) electrons. The molecule has 2 N–H and O–H groups in total. The number of likely N-dealkylation sites (N-methyl/N-ethyl adjacent to an activating group) is 1. The summed E-state index contributed by atoms with van der Waals surface area (Å²) in [5.41, 5.74) is 7.23. The molecule has 1 amide bonds. The zero-order chi connectivity index (χ0) is 15.4. The fourth-order valence-electron chi connectivity index (χ4n) is 1.83. The molecule has 0 aliphatic rings. The maximum atomic E-state index is 12.1. The van der Waals surface area contributed by atoms with Gasteiger partial charge < -0.3 is 10.6 Å². The number of nitrogens with two attached hydrogens (primary N) is 1. The Morgan fingerprint density at radius 3 is 2.86 bits per heavy atom. The maximum Gasteiger partial charge on any atom is 0.228 e. The van der Waals surface area contributed by atoms with Crippen molar-refractivity contribution in [3.8, 4) is 10.6 Å². The number of thiazole rings is 1. The molecular weight excluding hydrogens is 306 g/mol. The van der Waals surface area contributed by atoms with Crippen LogP contribution in [0.25, 0.3) is 10.6 Å². The number of carbonyl (C=O) groups excluding carboxylic acids is 1. The summed E-state index contributed by atoms with van der Waals surface area (Å²) < 4.78 is 0. The van der Waals surface area contributed by atoms with Gasteiger partial charge in [-0.25, -0.2) is 4.98 Å². The van der Waals surface area contributed by atoms with Crippen LogP contribution in [0.1, 0.15) is 12.6 Å². The standard InChI is InChI=1S/C15H18ClN3OS/c1-10(8-17)19(2)14(20)7-11-9-21-15(18-11)12-5-3-4-6-13(12)16/h3-6,9-10H,7-8,17H2,1-2H3. The number of benzene rings is 1. The van der Waals surface area contributed by atoms with Crippen LogP contribution in [0.4, 0.5) is 0 Å². The van der Waals surface area contributed by atoms with Crippen LogP contribution in [0, 0.1) is 0 Å². The van der Waals surface area contributed by atoms with E-state index in [9.17, 15) is 4.79 Å². The van der Waals surface area contributed by atoms with Gasteiger partial charge in [0.05, 0.1) is 17.1 Å². The number of halogens is 1. The van der Waals surface area contributed by atoms with E-state index in [0.29, 0.717) is 11.6 Å². The van der Waals surface area contributed by atoms with E-state index < -0.39 is 0 Å². The van der Waals surface area contributed by atoms with E-state index in [2.05, 4.69) is 4.98 Å². The van der Waals surface area contributed by atoms with E-state index in [-0.39, 0.29) is 18.4 Å². The fourth-order valence-corrected chi connectivity index (χ4v) is 2.97. The monoisotopic (exact) mass is 323 g/mol. The Labute approximate surface area is 133 Å². The van der Waals surface area contributed by atoms with Crippen LogP contribution in [0.2, 0.25) is 5.02 Å². The Balaban J connectivity index is 2.11. The molecule has 0 fully saturated rings. The second-order valence-corrected chi connectivity index (χ2v) is 6.16. The summed E-state index contributed by atoms with van der Waals surface area (Å²) >= 11 is 7.66. The lowest BCUT2D eigenvalue weighted by Gasteiger charge is -2.23. The average Bonchev–Trinajstić information content (AvgIpc) is 2.94. The zero-order valence-corrected chi connectivity index (χ0v) is 13.6. The molecule has 112 valence electrons. The summed E-state index contributed by atoms with van der Waals surface area (Å²) in [6, 6.07) is 7.59. The molecule has 0 bridgehead atoms. The zero-order valence-electron chi connectivity index (χ0n) is 12.0. The van der Waals surface area contributed by atoms with Crippen molar-refractivity contribution in [1.82, 2.24) is 9.88 Å². The normalized spacial score (nSPS) is 12.2. The van der Waals surface area contributed by atoms with Gasteiger partial charge in [-0.15, -0.1) is 11.3 Å². The molecule has 1 heterocycles. The van der Waals surface area contributed by atoms with Crippen molar-refractivity contribution in [1.29, 1.82) is 0 Å². The largest absolute Gasteiger partial charge is 0.341 e. The lowest BCUT2D eigenvalue weighted by molar-refractivity contribution is -0.130. The van der Waals surface area contributed by atoms with Gasteiger partial charge in [-0.1, -0.05) is 29.8 Å². The fraction of sp³-hybridized carbons (Fsp3) is 0.333. The maximum absolute atomic E-state index is 12.1. The first-order valence-corrected chi connectivity index (χ1v) is 7.93. The first-order valence-electron chi connectivity index (χ1n) is 6.68. The third kappa shape index (κ3) is 3.81. The van der Waals surface area contributed by atoms with Crippen molar-refractivity contribution < 1.29 is 4.79 Å². The highest BCUT2D eigenvalue weighted by Crippen LogP contribution is 2.30. The molecule has 21 heavy (non-hydrogen) atoms. The molecule has 2 rings (SSSR count). The molecule has 0 saturated carbocycles. The average molecular weight is 324 g/mol. The van der Waals surface area contributed by atoms with Crippen LogP contribution in [0.3, 0.4) is 0 Å². The minimum absolute atomic E-state index is 0.0176. The SMILES string of the molecule is CC(CN)N(C)C(=O)Cc1csc(-c2ccccc2Cl)n1. The molecule has 0 spiro atoms. The highest BCUT2D eigenvalue weighted by molar-refractivity contribution is 7.13. The van der Waals surface area contributed by atoms with Gasteiger partial charge in [0.2, 0.25) is 5.91 Å². The van der Waals surface area contributed by atoms with Crippen molar-refractivity contribution in [2.45, 2.75) is 19.4 Å². The topological polar surface area (TPSA) is 59.2 Å². The van der Waals surface area contributed by atoms with Gasteiger partial charge in [0, 0.05) is 30.6 Å². The summed E-state index contributed by atoms with van der Waals surface area (Å²) in [6.07, 6.45) is 0.280. The van der Waals surface area contributed by atoms with Gasteiger partial charge in [0.25, 0.3) is 0 Å². The van der Waals surface area contributed by atoms with Gasteiger partial charge in [0.15, 0.2) is 0 Å². The van der Waals surface area contributed by atoms with Crippen LogP contribution in [0.15, 0.2) is 29.6 Å². The van der Waals surface area contributed by atoms with E-state index >= 15 is 0 Å². The number of carbonyl (C=O) groups is 1. The van der Waals surface area contributed by atoms with E-state index in [1.165, 1.54) is 11.3 Å². The smallest absolute Gasteiger partial charge is 0.228 e. The van der Waals surface area contributed by atoms with Crippen LogP contribution < -0.4 is 5.73 Å². The Morgan fingerprint density at radius 1 is 1.48 bits per heavy atom. The van der Waals surface area contributed by atoms with Crippen molar-refractivity contribution in [2.75, 3.05) is 13.6 Å². The second-order valence-electron chi connectivity index (χ2n) is 4.89. The molecule has 6 heteroatoms. The predicted molar refractivity (Wildman–Crippen MR) is 87.6 cm³/mol. The van der Waals surface area contributed by atoms with Gasteiger partial charge in [0.1, 0.15) is 5.01 Å². The van der Waals surface area contributed by atoms with Crippen LogP contribution in [-0.4, -0.2) is 35.4 Å². The molecule has 0 aliphatic heterocycles. The number of rotatable bonds is 5. The number of amides is 1.